The SMILES string of the molecule is Cc1ccc(OC2CCN(S(=O)(=O)C(C)C)CC2)nn1. The van der Waals surface area contributed by atoms with Gasteiger partial charge in [0.05, 0.1) is 10.9 Å². The van der Waals surface area contributed by atoms with Crippen LogP contribution in [-0.2, 0) is 10.0 Å². The summed E-state index contributed by atoms with van der Waals surface area (Å²) < 4.78 is 31.4. The maximum absolute atomic E-state index is 12.1. The minimum atomic E-state index is -3.15. The second-order valence-corrected chi connectivity index (χ2v) is 7.81. The van der Waals surface area contributed by atoms with Crippen LogP contribution in [0, 0.1) is 6.92 Å². The molecule has 2 heterocycles. The van der Waals surface area contributed by atoms with Crippen LogP contribution in [0.25, 0.3) is 0 Å². The molecule has 1 aromatic heterocycles. The summed E-state index contributed by atoms with van der Waals surface area (Å²) in [5.74, 6) is 0.501. The summed E-state index contributed by atoms with van der Waals surface area (Å²) in [6.45, 7) is 6.29. The molecule has 6 nitrogen and oxygen atoms in total. The molecular formula is C13H21N3O3S. The van der Waals surface area contributed by atoms with Crippen molar-refractivity contribution in [3.05, 3.63) is 17.8 Å². The topological polar surface area (TPSA) is 72.4 Å². The van der Waals surface area contributed by atoms with Crippen molar-refractivity contribution in [1.82, 2.24) is 14.5 Å². The quantitative estimate of drug-likeness (QED) is 0.839. The van der Waals surface area contributed by atoms with Crippen LogP contribution in [0.2, 0.25) is 0 Å². The third kappa shape index (κ3) is 3.46. The molecular weight excluding hydrogens is 278 g/mol. The summed E-state index contributed by atoms with van der Waals surface area (Å²) in [7, 11) is -3.15. The second-order valence-electron chi connectivity index (χ2n) is 5.32. The number of rotatable bonds is 4. The van der Waals surface area contributed by atoms with Gasteiger partial charge in [-0.3, -0.25) is 0 Å². The van der Waals surface area contributed by atoms with Crippen molar-refractivity contribution in [2.75, 3.05) is 13.1 Å². The Morgan fingerprint density at radius 2 is 1.90 bits per heavy atom. The van der Waals surface area contributed by atoms with Crippen molar-refractivity contribution in [2.45, 2.75) is 45.0 Å². The van der Waals surface area contributed by atoms with Crippen molar-refractivity contribution in [3.63, 3.8) is 0 Å². The molecule has 20 heavy (non-hydrogen) atoms. The molecule has 1 aromatic rings. The summed E-state index contributed by atoms with van der Waals surface area (Å²) in [6.07, 6.45) is 1.37. The van der Waals surface area contributed by atoms with Crippen molar-refractivity contribution in [3.8, 4) is 5.88 Å². The molecule has 0 amide bonds. The first-order valence-electron chi connectivity index (χ1n) is 6.85. The lowest BCUT2D eigenvalue weighted by Crippen LogP contribution is -2.44. The van der Waals surface area contributed by atoms with Gasteiger partial charge < -0.3 is 4.74 Å². The highest BCUT2D eigenvalue weighted by Gasteiger charge is 2.30. The van der Waals surface area contributed by atoms with Crippen molar-refractivity contribution in [1.29, 1.82) is 0 Å². The van der Waals surface area contributed by atoms with Gasteiger partial charge >= 0.3 is 0 Å². The summed E-state index contributed by atoms with van der Waals surface area (Å²) in [4.78, 5) is 0. The number of hydrogen-bond donors (Lipinski definition) is 0. The number of ether oxygens (including phenoxy) is 1. The average molecular weight is 299 g/mol. The van der Waals surface area contributed by atoms with Gasteiger partial charge in [0.2, 0.25) is 15.9 Å². The molecule has 1 fully saturated rings. The monoisotopic (exact) mass is 299 g/mol. The van der Waals surface area contributed by atoms with Gasteiger partial charge in [0, 0.05) is 19.2 Å². The first-order chi connectivity index (χ1) is 9.39. The Kier molecular flexibility index (Phi) is 4.59. The fourth-order valence-corrected chi connectivity index (χ4v) is 3.44. The van der Waals surface area contributed by atoms with Crippen LogP contribution in [0.1, 0.15) is 32.4 Å². The molecule has 1 aliphatic heterocycles. The zero-order chi connectivity index (χ0) is 14.8. The van der Waals surface area contributed by atoms with Gasteiger partial charge in [0.15, 0.2) is 0 Å². The molecule has 0 spiro atoms. The van der Waals surface area contributed by atoms with Gasteiger partial charge in [-0.1, -0.05) is 0 Å². The maximum Gasteiger partial charge on any atom is 0.233 e. The van der Waals surface area contributed by atoms with E-state index < -0.39 is 10.0 Å². The van der Waals surface area contributed by atoms with Gasteiger partial charge in [-0.25, -0.2) is 12.7 Å². The fraction of sp³-hybridized carbons (Fsp3) is 0.692. The zero-order valence-electron chi connectivity index (χ0n) is 12.1. The van der Waals surface area contributed by atoms with E-state index in [1.165, 1.54) is 0 Å². The normalized spacial score (nSPS) is 18.4. The van der Waals surface area contributed by atoms with Crippen LogP contribution in [0.5, 0.6) is 5.88 Å². The standard InChI is InChI=1S/C13H21N3O3S/c1-10(2)20(17,18)16-8-6-12(7-9-16)19-13-5-4-11(3)14-15-13/h4-5,10,12H,6-9H2,1-3H3. The summed E-state index contributed by atoms with van der Waals surface area (Å²) in [6, 6.07) is 3.64. The van der Waals surface area contributed by atoms with E-state index in [1.807, 2.05) is 13.0 Å². The lowest BCUT2D eigenvalue weighted by atomic mass is 10.1. The molecule has 0 radical (unpaired) electrons. The van der Waals surface area contributed by atoms with E-state index in [-0.39, 0.29) is 11.4 Å². The Morgan fingerprint density at radius 1 is 1.25 bits per heavy atom. The summed E-state index contributed by atoms with van der Waals surface area (Å²) in [5, 5.41) is 7.53. The molecule has 2 rings (SSSR count). The van der Waals surface area contributed by atoms with E-state index in [4.69, 9.17) is 4.74 Å². The van der Waals surface area contributed by atoms with Crippen LogP contribution in [0.3, 0.4) is 0 Å². The van der Waals surface area contributed by atoms with E-state index in [2.05, 4.69) is 10.2 Å². The number of hydrogen-bond acceptors (Lipinski definition) is 5. The number of sulfonamides is 1. The third-order valence-electron chi connectivity index (χ3n) is 3.42. The molecule has 0 bridgehead atoms. The van der Waals surface area contributed by atoms with Gasteiger partial charge in [-0.2, -0.15) is 5.10 Å². The molecule has 112 valence electrons. The number of nitrogens with zero attached hydrogens (tertiary/aromatic N) is 3. The molecule has 0 N–H and O–H groups in total. The average Bonchev–Trinajstić information content (AvgIpc) is 2.42. The van der Waals surface area contributed by atoms with Gasteiger partial charge in [0.1, 0.15) is 6.10 Å². The molecule has 1 aliphatic rings. The number of aryl methyl sites for hydroxylation is 1. The van der Waals surface area contributed by atoms with Crippen LogP contribution >= 0.6 is 0 Å². The van der Waals surface area contributed by atoms with Crippen LogP contribution in [0.4, 0.5) is 0 Å². The predicted octanol–water partition coefficient (Wildman–Crippen LogP) is 1.37. The minimum Gasteiger partial charge on any atom is -0.473 e. The second kappa shape index (κ2) is 6.05. The Bertz CT molecular complexity index is 534. The Hall–Kier alpha value is -1.21. The summed E-state index contributed by atoms with van der Waals surface area (Å²) in [5.41, 5.74) is 0.843. The lowest BCUT2D eigenvalue weighted by molar-refractivity contribution is 0.128. The predicted molar refractivity (Wildman–Crippen MR) is 76.0 cm³/mol. The Morgan fingerprint density at radius 3 is 2.40 bits per heavy atom. The highest BCUT2D eigenvalue weighted by Crippen LogP contribution is 2.20. The lowest BCUT2D eigenvalue weighted by Gasteiger charge is -2.32. The van der Waals surface area contributed by atoms with E-state index in [0.717, 1.165) is 5.69 Å². The molecule has 0 aliphatic carbocycles. The van der Waals surface area contributed by atoms with Crippen LogP contribution < -0.4 is 4.74 Å². The van der Waals surface area contributed by atoms with Crippen molar-refractivity contribution in [2.24, 2.45) is 0 Å². The van der Waals surface area contributed by atoms with E-state index in [9.17, 15) is 8.42 Å². The number of piperidine rings is 1. The van der Waals surface area contributed by atoms with E-state index in [0.29, 0.717) is 31.8 Å². The van der Waals surface area contributed by atoms with Gasteiger partial charge in [-0.15, -0.1) is 5.10 Å². The molecule has 1 saturated heterocycles. The van der Waals surface area contributed by atoms with Gasteiger partial charge in [0.25, 0.3) is 0 Å². The maximum atomic E-state index is 12.1. The fourth-order valence-electron chi connectivity index (χ4n) is 2.12. The molecule has 0 aromatic carbocycles. The largest absolute Gasteiger partial charge is 0.473 e. The Balaban J connectivity index is 1.90. The first-order valence-corrected chi connectivity index (χ1v) is 8.36. The highest BCUT2D eigenvalue weighted by molar-refractivity contribution is 7.89. The minimum absolute atomic E-state index is 0.00520. The third-order valence-corrected chi connectivity index (χ3v) is 5.69. The van der Waals surface area contributed by atoms with E-state index >= 15 is 0 Å². The smallest absolute Gasteiger partial charge is 0.233 e. The molecule has 7 heteroatoms. The summed E-state index contributed by atoms with van der Waals surface area (Å²) >= 11 is 0. The molecule has 0 unspecified atom stereocenters. The number of aromatic nitrogens is 2. The zero-order valence-corrected chi connectivity index (χ0v) is 12.9. The van der Waals surface area contributed by atoms with Crippen molar-refractivity contribution >= 4 is 10.0 Å². The van der Waals surface area contributed by atoms with Gasteiger partial charge in [-0.05, 0) is 39.7 Å². The first kappa shape index (κ1) is 15.2. The molecule has 0 atom stereocenters. The molecule has 0 saturated carbocycles. The van der Waals surface area contributed by atoms with Crippen molar-refractivity contribution < 1.29 is 13.2 Å². The Labute approximate surface area is 120 Å². The van der Waals surface area contributed by atoms with Crippen LogP contribution in [-0.4, -0.2) is 47.4 Å². The van der Waals surface area contributed by atoms with Crippen LogP contribution in [0.15, 0.2) is 12.1 Å². The highest BCUT2D eigenvalue weighted by atomic mass is 32.2. The van der Waals surface area contributed by atoms with E-state index in [1.54, 1.807) is 24.2 Å².